The first kappa shape index (κ1) is 15.7. The second-order valence-corrected chi connectivity index (χ2v) is 6.86. The van der Waals surface area contributed by atoms with Crippen molar-refractivity contribution in [1.29, 1.82) is 0 Å². The summed E-state index contributed by atoms with van der Waals surface area (Å²) in [5.74, 6) is -0.426. The molecule has 0 aliphatic carbocycles. The van der Waals surface area contributed by atoms with Gasteiger partial charge in [-0.2, -0.15) is 4.31 Å². The number of nitrogens with two attached hydrogens (primary N) is 1. The quantitative estimate of drug-likeness (QED) is 0.617. The van der Waals surface area contributed by atoms with Crippen molar-refractivity contribution in [3.63, 3.8) is 0 Å². The largest absolute Gasteiger partial charge is 0.399 e. The molecular weight excluding hydrogens is 294 g/mol. The smallest absolute Gasteiger partial charge is 0.246 e. The minimum absolute atomic E-state index is 0.206. The minimum Gasteiger partial charge on any atom is -0.399 e. The number of hydrogen-bond donors (Lipinski definition) is 2. The summed E-state index contributed by atoms with van der Waals surface area (Å²) < 4.78 is 26.3. The Morgan fingerprint density at radius 2 is 1.86 bits per heavy atom. The molecule has 0 atom stereocenters. The van der Waals surface area contributed by atoms with Crippen LogP contribution in [0.5, 0.6) is 0 Å². The van der Waals surface area contributed by atoms with Gasteiger partial charge in [0.05, 0.1) is 12.0 Å². The van der Waals surface area contributed by atoms with Crippen molar-refractivity contribution < 1.29 is 18.0 Å². The molecule has 0 bridgehead atoms. The Hall–Kier alpha value is -1.64. The van der Waals surface area contributed by atoms with Gasteiger partial charge < -0.3 is 5.73 Å². The van der Waals surface area contributed by atoms with Gasteiger partial charge in [-0.1, -0.05) is 0 Å². The topological polar surface area (TPSA) is 102 Å². The standard InChI is InChI=1S/C13H19N3O4S/c1-20-15-13(17)10-6-8-16(9-7-10)21(18,19)12-4-2-11(14)3-5-12/h2-5,10H,6-9,14H2,1H3,(H,15,17). The summed E-state index contributed by atoms with van der Waals surface area (Å²) in [6.45, 7) is 0.628. The van der Waals surface area contributed by atoms with Crippen LogP contribution in [0.4, 0.5) is 5.69 Å². The molecule has 1 aliphatic heterocycles. The molecule has 0 unspecified atom stereocenters. The van der Waals surface area contributed by atoms with Gasteiger partial charge in [0.2, 0.25) is 15.9 Å². The van der Waals surface area contributed by atoms with E-state index < -0.39 is 10.0 Å². The van der Waals surface area contributed by atoms with E-state index in [4.69, 9.17) is 5.73 Å². The van der Waals surface area contributed by atoms with Crippen LogP contribution < -0.4 is 11.2 Å². The van der Waals surface area contributed by atoms with Crippen LogP contribution in [0.3, 0.4) is 0 Å². The summed E-state index contributed by atoms with van der Waals surface area (Å²) in [6, 6.07) is 6.11. The maximum atomic E-state index is 12.5. The third kappa shape index (κ3) is 3.52. The zero-order valence-electron chi connectivity index (χ0n) is 11.8. The van der Waals surface area contributed by atoms with Gasteiger partial charge in [-0.25, -0.2) is 13.9 Å². The number of nitrogens with one attached hydrogen (secondary N) is 1. The van der Waals surface area contributed by atoms with E-state index in [1.165, 1.54) is 23.5 Å². The van der Waals surface area contributed by atoms with E-state index in [1.54, 1.807) is 12.1 Å². The molecule has 21 heavy (non-hydrogen) atoms. The van der Waals surface area contributed by atoms with Gasteiger partial charge >= 0.3 is 0 Å². The van der Waals surface area contributed by atoms with E-state index in [1.807, 2.05) is 0 Å². The number of carbonyl (C=O) groups is 1. The van der Waals surface area contributed by atoms with Crippen molar-refractivity contribution >= 4 is 21.6 Å². The molecule has 1 amide bonds. The average Bonchev–Trinajstić information content (AvgIpc) is 2.48. The normalized spacial score (nSPS) is 17.6. The Morgan fingerprint density at radius 1 is 1.29 bits per heavy atom. The Bertz CT molecular complexity index is 592. The highest BCUT2D eigenvalue weighted by atomic mass is 32.2. The van der Waals surface area contributed by atoms with E-state index >= 15 is 0 Å². The molecule has 2 rings (SSSR count). The molecule has 1 aromatic rings. The van der Waals surface area contributed by atoms with Crippen molar-refractivity contribution in [3.8, 4) is 0 Å². The van der Waals surface area contributed by atoms with E-state index in [0.29, 0.717) is 31.6 Å². The first-order valence-electron chi connectivity index (χ1n) is 6.63. The Balaban J connectivity index is 2.04. The number of carbonyl (C=O) groups excluding carboxylic acids is 1. The summed E-state index contributed by atoms with van der Waals surface area (Å²) in [6.07, 6.45) is 0.951. The lowest BCUT2D eigenvalue weighted by Crippen LogP contribution is -2.42. The van der Waals surface area contributed by atoms with Crippen LogP contribution in [0.15, 0.2) is 29.2 Å². The van der Waals surface area contributed by atoms with Crippen molar-refractivity contribution in [2.45, 2.75) is 17.7 Å². The van der Waals surface area contributed by atoms with Crippen LogP contribution in [-0.4, -0.2) is 38.8 Å². The lowest BCUT2D eigenvalue weighted by atomic mass is 9.98. The number of benzene rings is 1. The average molecular weight is 313 g/mol. The van der Waals surface area contributed by atoms with E-state index in [2.05, 4.69) is 10.3 Å². The maximum absolute atomic E-state index is 12.5. The molecule has 0 saturated carbocycles. The molecule has 1 aromatic carbocycles. The van der Waals surface area contributed by atoms with Crippen molar-refractivity contribution in [2.24, 2.45) is 5.92 Å². The summed E-state index contributed by atoms with van der Waals surface area (Å²) in [7, 11) is -2.15. The van der Waals surface area contributed by atoms with Gasteiger partial charge in [0.25, 0.3) is 0 Å². The van der Waals surface area contributed by atoms with Crippen LogP contribution >= 0.6 is 0 Å². The van der Waals surface area contributed by atoms with Crippen molar-refractivity contribution in [3.05, 3.63) is 24.3 Å². The third-order valence-electron chi connectivity index (χ3n) is 3.55. The molecule has 1 saturated heterocycles. The number of nitrogens with zero attached hydrogens (tertiary/aromatic N) is 1. The number of hydroxylamine groups is 1. The van der Waals surface area contributed by atoms with E-state index in [-0.39, 0.29) is 16.7 Å². The van der Waals surface area contributed by atoms with Gasteiger partial charge in [-0.15, -0.1) is 0 Å². The Morgan fingerprint density at radius 3 is 2.38 bits per heavy atom. The number of sulfonamides is 1. The fourth-order valence-corrected chi connectivity index (χ4v) is 3.80. The van der Waals surface area contributed by atoms with Crippen molar-refractivity contribution in [2.75, 3.05) is 25.9 Å². The first-order valence-corrected chi connectivity index (χ1v) is 8.07. The zero-order chi connectivity index (χ0) is 15.5. The molecule has 116 valence electrons. The lowest BCUT2D eigenvalue weighted by Gasteiger charge is -2.30. The monoisotopic (exact) mass is 313 g/mol. The molecular formula is C13H19N3O4S. The van der Waals surface area contributed by atoms with Gasteiger partial charge in [0.1, 0.15) is 0 Å². The summed E-state index contributed by atoms with van der Waals surface area (Å²) in [5.41, 5.74) is 8.37. The SMILES string of the molecule is CONC(=O)C1CCN(S(=O)(=O)c2ccc(N)cc2)CC1. The van der Waals surface area contributed by atoms with Gasteiger partial charge in [-0.3, -0.25) is 9.63 Å². The van der Waals surface area contributed by atoms with E-state index in [9.17, 15) is 13.2 Å². The molecule has 3 N–H and O–H groups in total. The van der Waals surface area contributed by atoms with Crippen LogP contribution in [0.25, 0.3) is 0 Å². The molecule has 1 fully saturated rings. The van der Waals surface area contributed by atoms with Crippen LogP contribution in [0, 0.1) is 5.92 Å². The first-order chi connectivity index (χ1) is 9.95. The molecule has 1 heterocycles. The number of anilines is 1. The number of piperidine rings is 1. The molecule has 7 nitrogen and oxygen atoms in total. The molecule has 8 heteroatoms. The molecule has 1 aliphatic rings. The number of rotatable bonds is 4. The summed E-state index contributed by atoms with van der Waals surface area (Å²) in [4.78, 5) is 16.5. The minimum atomic E-state index is -3.53. The highest BCUT2D eigenvalue weighted by Crippen LogP contribution is 2.24. The predicted molar refractivity (Wildman–Crippen MR) is 77.5 cm³/mol. The number of hydrogen-bond acceptors (Lipinski definition) is 5. The second kappa shape index (κ2) is 6.42. The van der Waals surface area contributed by atoms with Gasteiger partial charge in [-0.05, 0) is 37.1 Å². The second-order valence-electron chi connectivity index (χ2n) is 4.92. The molecule has 0 spiro atoms. The Labute approximate surface area is 124 Å². The van der Waals surface area contributed by atoms with Crippen LogP contribution in [0.1, 0.15) is 12.8 Å². The van der Waals surface area contributed by atoms with Crippen LogP contribution in [0.2, 0.25) is 0 Å². The third-order valence-corrected chi connectivity index (χ3v) is 5.46. The van der Waals surface area contributed by atoms with Gasteiger partial charge in [0, 0.05) is 24.7 Å². The maximum Gasteiger partial charge on any atom is 0.246 e. The lowest BCUT2D eigenvalue weighted by molar-refractivity contribution is -0.136. The highest BCUT2D eigenvalue weighted by molar-refractivity contribution is 7.89. The molecule has 0 aromatic heterocycles. The zero-order valence-corrected chi connectivity index (χ0v) is 12.6. The summed E-state index contributed by atoms with van der Waals surface area (Å²) >= 11 is 0. The Kier molecular flexibility index (Phi) is 4.81. The fourth-order valence-electron chi connectivity index (χ4n) is 2.33. The molecule has 0 radical (unpaired) electrons. The fraction of sp³-hybridized carbons (Fsp3) is 0.462. The predicted octanol–water partition coefficient (Wildman–Crippen LogP) is 0.347. The number of nitrogen functional groups attached to an aromatic ring is 1. The van der Waals surface area contributed by atoms with Crippen molar-refractivity contribution in [1.82, 2.24) is 9.79 Å². The van der Waals surface area contributed by atoms with Gasteiger partial charge in [0.15, 0.2) is 0 Å². The van der Waals surface area contributed by atoms with Crippen LogP contribution in [-0.2, 0) is 19.7 Å². The number of amides is 1. The van der Waals surface area contributed by atoms with E-state index in [0.717, 1.165) is 0 Å². The summed E-state index contributed by atoms with van der Waals surface area (Å²) in [5, 5.41) is 0. The highest BCUT2D eigenvalue weighted by Gasteiger charge is 2.32.